The zero-order chi connectivity index (χ0) is 93.3. The van der Waals surface area contributed by atoms with Gasteiger partial charge in [-0.25, -0.2) is 41.1 Å². The number of fused-ring (bicyclic) bond motifs is 5. The molecule has 692 valence electrons. The average molecular weight is 1820 g/mol. The molecule has 0 aromatic heterocycles. The number of esters is 2. The normalized spacial score (nSPS) is 26.8. The summed E-state index contributed by atoms with van der Waals surface area (Å²) in [7, 11) is -5.64. The Hall–Kier alpha value is -11.0. The SMILES string of the molecule is C[C@@H]1CC2C(=O)O[C@@H](C)[C@H](NC(=O)[C@H](Cc3cc(F)cc(F)c3)NC(=O)Nc3ccc(N(C)C)cc3)C(=O)N3C[C@H](OP(=O)(O)O)C[C@H]3C(=O)N3CCCC[C@H]3C(=O)N[C@@H](C)C(=O)N2C1.Cc1ccc(CC(=O)N[C@@H](Cc2cc(F)cc(F)c2)C(=O)N[C@@H]2C(=O)N3CCC[C@H]3C(=O)N(C)[C@@H]([C@H](C)OP(=O)(O)O)C(=O)N[C@@H](C)C(=O)N3C[C@H](C)C[C@H]3C(=O)O[C@H]2C)cc1. The van der Waals surface area contributed by atoms with Gasteiger partial charge in [0.15, 0.2) is 0 Å². The van der Waals surface area contributed by atoms with E-state index in [1.807, 2.05) is 25.9 Å². The van der Waals surface area contributed by atoms with Crippen LogP contribution in [-0.4, -0.2) is 283 Å². The van der Waals surface area contributed by atoms with Crippen molar-refractivity contribution in [3.05, 3.63) is 130 Å². The maximum Gasteiger partial charge on any atom is 0.469 e. The molecule has 11 rings (SSSR count). The number of urea groups is 1. The summed E-state index contributed by atoms with van der Waals surface area (Å²) in [5, 5.41) is 17.9. The molecule has 0 saturated carbocycles. The number of hydrogen-bond acceptors (Lipinski definition) is 21. The first kappa shape index (κ1) is 98.2. The van der Waals surface area contributed by atoms with E-state index in [-0.39, 0.29) is 87.7 Å². The number of hydrogen-bond donors (Lipinski definition) is 11. The number of piperidine rings is 1. The fourth-order valence-electron chi connectivity index (χ4n) is 17.0. The van der Waals surface area contributed by atoms with E-state index in [9.17, 15) is 113 Å². The molecule has 1 unspecified atom stereocenters. The minimum atomic E-state index is -5.24. The van der Waals surface area contributed by atoms with E-state index in [4.69, 9.17) is 18.5 Å². The van der Waals surface area contributed by atoms with Gasteiger partial charge in [0, 0.05) is 96.6 Å². The van der Waals surface area contributed by atoms with Crippen molar-refractivity contribution in [2.45, 2.75) is 223 Å². The van der Waals surface area contributed by atoms with Gasteiger partial charge in [0.2, 0.25) is 65.0 Å². The number of anilines is 2. The van der Waals surface area contributed by atoms with Crippen LogP contribution in [0, 0.1) is 42.0 Å². The van der Waals surface area contributed by atoms with Crippen molar-refractivity contribution in [1.29, 1.82) is 0 Å². The van der Waals surface area contributed by atoms with Crippen molar-refractivity contribution in [3.8, 4) is 0 Å². The lowest BCUT2D eigenvalue weighted by Crippen LogP contribution is -2.63. The lowest BCUT2D eigenvalue weighted by Gasteiger charge is -2.39. The number of amides is 13. The largest absolute Gasteiger partial charge is 0.469 e. The van der Waals surface area contributed by atoms with Gasteiger partial charge in [-0.2, -0.15) is 0 Å². The first-order valence-electron chi connectivity index (χ1n) is 41.6. The standard InChI is InChI=1S/C42H55F2N8O12P.C41H53F2N6O12P/c1-22-14-34-41(58)63-24(3)35(48-36(53)31(17-25-15-26(43)18-27(44)16-25)47-42(59)46-28-9-11-29(12-10-28)49(4)5)40(57)52-21-30(64-65(60,61)62)19-33(52)39(56)50-13-7-6-8-32(50)37(54)45-23(2)38(55)51(34)20-22;1-21-9-11-26(12-10-21)18-33(50)45-30(17-27-15-28(42)19-29(43)16-27)36(51)46-34-24(4)60-41(56)32-14-22(2)20-49(32)38(53)23(3)44-37(52)35(25(5)61-62(57,58)59)47(6)39(54)31-8-7-13-48(31)40(34)55/h9-12,15-16,18,22-24,30-35H,6-8,13-14,17,19-21H2,1-5H3,(H,45,54)(H,48,53)(H2,46,47,59)(H2,60,61,62);9-12,15-16,19,22-25,30-32,34-35H,7-8,13-14,17-18,20H2,1-6H3,(H,44,52)(H,45,50)(H,46,51)(H2,57,58,59)/t22-,23+,24+,30-,31+,32+,33+,34?,35+;22-,23+,24+,25+,30+,31+,32+,34+,35+/m11/s1. The second kappa shape index (κ2) is 41.8. The van der Waals surface area contributed by atoms with Crippen LogP contribution >= 0.6 is 15.6 Å². The molecule has 7 aliphatic rings. The molecule has 4 aromatic carbocycles. The Kier molecular flexibility index (Phi) is 32.3. The quantitative estimate of drug-likeness (QED) is 0.0365. The van der Waals surface area contributed by atoms with Gasteiger partial charge in [0.25, 0.3) is 0 Å². The number of aryl methyl sites for hydroxylation is 1. The maximum atomic E-state index is 15.0. The number of rotatable bonds is 19. The van der Waals surface area contributed by atoms with Crippen LogP contribution in [0.1, 0.15) is 122 Å². The lowest BCUT2D eigenvalue weighted by molar-refractivity contribution is -0.163. The van der Waals surface area contributed by atoms with Gasteiger partial charge in [0.1, 0.15) is 108 Å². The molecule has 13 amide bonds. The highest BCUT2D eigenvalue weighted by Gasteiger charge is 2.53. The number of phosphoric acid groups is 2. The molecule has 7 heterocycles. The van der Waals surface area contributed by atoms with Gasteiger partial charge in [-0.05, 0) is 164 Å². The van der Waals surface area contributed by atoms with Crippen LogP contribution in [0.4, 0.5) is 33.7 Å². The third kappa shape index (κ3) is 25.5. The Morgan fingerprint density at radius 1 is 0.535 bits per heavy atom. The lowest BCUT2D eigenvalue weighted by atomic mass is 9.98. The summed E-state index contributed by atoms with van der Waals surface area (Å²) >= 11 is 0. The van der Waals surface area contributed by atoms with Crippen molar-refractivity contribution < 1.29 is 132 Å². The average Bonchev–Trinajstić information content (AvgIpc) is 1.59. The third-order valence-corrected chi connectivity index (χ3v) is 24.4. The van der Waals surface area contributed by atoms with Crippen molar-refractivity contribution in [1.82, 2.24) is 61.3 Å². The van der Waals surface area contributed by atoms with Gasteiger partial charge < -0.3 is 101 Å². The Morgan fingerprint density at radius 3 is 1.50 bits per heavy atom. The van der Waals surface area contributed by atoms with Gasteiger partial charge in [-0.1, -0.05) is 43.7 Å². The number of nitrogens with zero attached hydrogens (tertiary/aromatic N) is 7. The highest BCUT2D eigenvalue weighted by Crippen LogP contribution is 2.43. The Bertz CT molecular complexity index is 4880. The minimum absolute atomic E-state index is 0.0137. The fourth-order valence-corrected chi connectivity index (χ4v) is 18.1. The zero-order valence-electron chi connectivity index (χ0n) is 71.8. The number of likely N-dealkylation sites (N-methyl/N-ethyl adjacent to an activating group) is 1. The first-order valence-corrected chi connectivity index (χ1v) is 44.7. The molecule has 7 aliphatic heterocycles. The van der Waals surface area contributed by atoms with Gasteiger partial charge >= 0.3 is 33.6 Å². The van der Waals surface area contributed by atoms with Crippen LogP contribution in [0.2, 0.25) is 0 Å². The van der Waals surface area contributed by atoms with Crippen molar-refractivity contribution in [2.75, 3.05) is 64.1 Å². The Labute approximate surface area is 729 Å². The zero-order valence-corrected chi connectivity index (χ0v) is 73.6. The monoisotopic (exact) mass is 1820 g/mol. The third-order valence-electron chi connectivity index (χ3n) is 23.2. The van der Waals surface area contributed by atoms with Crippen molar-refractivity contribution in [3.63, 3.8) is 0 Å². The second-order valence-electron chi connectivity index (χ2n) is 33.6. The molecule has 7 fully saturated rings. The summed E-state index contributed by atoms with van der Waals surface area (Å²) in [6.07, 6.45) is -6.02. The molecule has 0 radical (unpaired) electrons. The molecule has 0 spiro atoms. The minimum Gasteiger partial charge on any atom is -0.458 e. The molecule has 7 saturated heterocycles. The summed E-state index contributed by atoms with van der Waals surface area (Å²) in [6, 6.07) is 0.350. The number of benzene rings is 4. The smallest absolute Gasteiger partial charge is 0.458 e. The Balaban J connectivity index is 0.000000265. The Morgan fingerprint density at radius 2 is 1.00 bits per heavy atom. The van der Waals surface area contributed by atoms with Crippen LogP contribution in [0.3, 0.4) is 0 Å². The predicted octanol–water partition coefficient (Wildman–Crippen LogP) is 2.43. The number of ether oxygens (including phenoxy) is 2. The van der Waals surface area contributed by atoms with Crippen LogP contribution in [0.15, 0.2) is 84.9 Å². The number of carbonyl (C=O) groups is 14. The fraction of sp³-hybridized carbons (Fsp3) is 0.542. The molecule has 44 heteroatoms. The van der Waals surface area contributed by atoms with Gasteiger partial charge in [0.05, 0.1) is 18.6 Å². The highest BCUT2D eigenvalue weighted by atomic mass is 31.2. The molecular weight excluding hydrogens is 1710 g/mol. The van der Waals surface area contributed by atoms with E-state index in [2.05, 4.69) is 37.2 Å². The van der Waals surface area contributed by atoms with E-state index < -0.39 is 245 Å². The summed E-state index contributed by atoms with van der Waals surface area (Å²) in [6.45, 7) is 11.5. The van der Waals surface area contributed by atoms with Crippen LogP contribution in [0.25, 0.3) is 0 Å². The van der Waals surface area contributed by atoms with E-state index in [0.29, 0.717) is 36.2 Å². The summed E-state index contributed by atoms with van der Waals surface area (Å²) in [4.78, 5) is 245. The van der Waals surface area contributed by atoms with Gasteiger partial charge in [-0.3, -0.25) is 61.8 Å². The molecular formula is C83H108F4N14O24P2. The molecule has 18 atom stereocenters. The van der Waals surface area contributed by atoms with Crippen molar-refractivity contribution in [2.24, 2.45) is 11.8 Å². The maximum absolute atomic E-state index is 15.0. The second-order valence-corrected chi connectivity index (χ2v) is 36.0. The van der Waals surface area contributed by atoms with Crippen molar-refractivity contribution >= 4 is 110 Å². The van der Waals surface area contributed by atoms with E-state index in [0.717, 1.165) is 57.1 Å². The van der Waals surface area contributed by atoms with E-state index in [1.54, 1.807) is 62.4 Å². The number of nitrogens with one attached hydrogen (secondary N) is 7. The summed E-state index contributed by atoms with van der Waals surface area (Å²) < 4.78 is 103. The topological polar surface area (TPSA) is 498 Å². The first-order chi connectivity index (χ1) is 59.6. The molecule has 0 aliphatic carbocycles. The summed E-state index contributed by atoms with van der Waals surface area (Å²) in [5.74, 6) is -15.6. The van der Waals surface area contributed by atoms with Crippen LogP contribution < -0.4 is 42.1 Å². The van der Waals surface area contributed by atoms with Crippen LogP contribution in [0.5, 0.6) is 0 Å². The molecule has 127 heavy (non-hydrogen) atoms. The summed E-state index contributed by atoms with van der Waals surface area (Å²) in [5.41, 5.74) is 2.57. The number of halogens is 4. The number of phosphoric ester groups is 2. The van der Waals surface area contributed by atoms with Gasteiger partial charge in [-0.15, -0.1) is 0 Å². The molecule has 4 aromatic rings. The van der Waals surface area contributed by atoms with Crippen LogP contribution in [-0.2, 0) is 109 Å². The van der Waals surface area contributed by atoms with E-state index in [1.165, 1.54) is 49.4 Å². The van der Waals surface area contributed by atoms with E-state index >= 15 is 0 Å². The predicted molar refractivity (Wildman–Crippen MR) is 443 cm³/mol. The number of cyclic esters (lactones) is 2. The molecule has 38 nitrogen and oxygen atoms in total. The molecule has 11 N–H and O–H groups in total. The molecule has 0 bridgehead atoms. The number of carbonyl (C=O) groups excluding carboxylic acids is 14. The highest BCUT2D eigenvalue weighted by molar-refractivity contribution is 7.46.